The lowest BCUT2D eigenvalue weighted by Gasteiger charge is -2.12. The van der Waals surface area contributed by atoms with Gasteiger partial charge in [-0.3, -0.25) is 9.59 Å². The molecule has 1 heterocycles. The molecule has 1 N–H and O–H groups in total. The number of Topliss-reactive ketones (excluding diaryl/α,β-unsaturated/α-hetero) is 1. The van der Waals surface area contributed by atoms with E-state index in [0.29, 0.717) is 24.3 Å². The highest BCUT2D eigenvalue weighted by Gasteiger charge is 2.64. The maximum Gasteiger partial charge on any atom is 0.227 e. The molecule has 2 aliphatic rings. The van der Waals surface area contributed by atoms with Gasteiger partial charge in [0.2, 0.25) is 5.91 Å². The first kappa shape index (κ1) is 19.5. The molecule has 144 valence electrons. The number of carbonyl (C=O) groups is 2. The standard InChI is InChI=1S/C22H29N3O2/c1-13(2)17(26)10-18(27)23-11-15-6-8-16(9-7-15)21-20-19(14(3)4)22(20,5)12-24-25-21/h6-9,12-14,19-20H,10-11H2,1-5H3,(H,23,27). The largest absolute Gasteiger partial charge is 0.352 e. The van der Waals surface area contributed by atoms with Crippen molar-refractivity contribution in [1.29, 1.82) is 0 Å². The summed E-state index contributed by atoms with van der Waals surface area (Å²) in [6.45, 7) is 10.8. The molecule has 1 fully saturated rings. The Balaban J connectivity index is 1.61. The molecule has 0 radical (unpaired) electrons. The van der Waals surface area contributed by atoms with E-state index in [-0.39, 0.29) is 29.4 Å². The van der Waals surface area contributed by atoms with Gasteiger partial charge in [-0.05, 0) is 23.0 Å². The Hall–Kier alpha value is -2.30. The van der Waals surface area contributed by atoms with Crippen molar-refractivity contribution in [1.82, 2.24) is 5.32 Å². The summed E-state index contributed by atoms with van der Waals surface area (Å²) in [5.41, 5.74) is 3.29. The average molecular weight is 367 g/mol. The third-order valence-corrected chi connectivity index (χ3v) is 5.87. The molecule has 0 spiro atoms. The Kier molecular flexibility index (Phi) is 5.31. The van der Waals surface area contributed by atoms with Crippen molar-refractivity contribution in [2.45, 2.75) is 47.6 Å². The van der Waals surface area contributed by atoms with Crippen LogP contribution in [0, 0.1) is 29.1 Å². The Bertz CT molecular complexity index is 792. The van der Waals surface area contributed by atoms with Crippen LogP contribution in [0.1, 0.15) is 52.2 Å². The number of fused-ring (bicyclic) bond motifs is 1. The van der Waals surface area contributed by atoms with E-state index in [4.69, 9.17) is 0 Å². The summed E-state index contributed by atoms with van der Waals surface area (Å²) >= 11 is 0. The van der Waals surface area contributed by atoms with Crippen LogP contribution in [-0.4, -0.2) is 23.6 Å². The Morgan fingerprint density at radius 1 is 1.15 bits per heavy atom. The monoisotopic (exact) mass is 367 g/mol. The second-order valence-corrected chi connectivity index (χ2v) is 8.61. The van der Waals surface area contributed by atoms with Gasteiger partial charge in [0.15, 0.2) is 0 Å². The number of hydrogen-bond acceptors (Lipinski definition) is 4. The molecule has 1 saturated carbocycles. The fraction of sp³-hybridized carbons (Fsp3) is 0.545. The van der Waals surface area contributed by atoms with Gasteiger partial charge in [0.05, 0.1) is 12.1 Å². The van der Waals surface area contributed by atoms with Gasteiger partial charge in [0.1, 0.15) is 5.78 Å². The normalized spacial score (nSPS) is 26.0. The van der Waals surface area contributed by atoms with Crippen molar-refractivity contribution in [2.24, 2.45) is 39.3 Å². The highest BCUT2D eigenvalue weighted by Crippen LogP contribution is 2.63. The maximum atomic E-state index is 11.9. The van der Waals surface area contributed by atoms with Gasteiger partial charge < -0.3 is 5.32 Å². The molecule has 3 unspecified atom stereocenters. The zero-order chi connectivity index (χ0) is 19.8. The SMILES string of the molecule is CC(C)C(=O)CC(=O)NCc1ccc(C2=NN=CC3(C)C2C3C(C)C)cc1. The molecule has 5 nitrogen and oxygen atoms in total. The summed E-state index contributed by atoms with van der Waals surface area (Å²) in [6.07, 6.45) is 1.95. The maximum absolute atomic E-state index is 11.9. The highest BCUT2D eigenvalue weighted by atomic mass is 16.2. The number of carbonyl (C=O) groups excluding carboxylic acids is 2. The number of rotatable bonds is 7. The zero-order valence-corrected chi connectivity index (χ0v) is 16.8. The molecule has 1 aromatic carbocycles. The van der Waals surface area contributed by atoms with E-state index in [2.05, 4.69) is 48.4 Å². The van der Waals surface area contributed by atoms with E-state index < -0.39 is 0 Å². The fourth-order valence-corrected chi connectivity index (χ4v) is 4.23. The molecule has 0 aromatic heterocycles. The van der Waals surface area contributed by atoms with Crippen molar-refractivity contribution < 1.29 is 9.59 Å². The van der Waals surface area contributed by atoms with Crippen LogP contribution in [0.4, 0.5) is 0 Å². The quantitative estimate of drug-likeness (QED) is 0.748. The smallest absolute Gasteiger partial charge is 0.227 e. The summed E-state index contributed by atoms with van der Waals surface area (Å²) in [5.74, 6) is 1.24. The first-order chi connectivity index (χ1) is 12.7. The molecule has 5 heteroatoms. The minimum atomic E-state index is -0.225. The lowest BCUT2D eigenvalue weighted by molar-refractivity contribution is -0.129. The van der Waals surface area contributed by atoms with Crippen molar-refractivity contribution in [3.05, 3.63) is 35.4 Å². The number of amides is 1. The van der Waals surface area contributed by atoms with E-state index in [0.717, 1.165) is 16.8 Å². The number of nitrogens with zero attached hydrogens (tertiary/aromatic N) is 2. The van der Waals surface area contributed by atoms with Crippen LogP contribution in [0.15, 0.2) is 34.5 Å². The van der Waals surface area contributed by atoms with Gasteiger partial charge in [-0.1, -0.05) is 58.9 Å². The molecule has 1 amide bonds. The molecule has 3 atom stereocenters. The van der Waals surface area contributed by atoms with Crippen LogP contribution >= 0.6 is 0 Å². The third-order valence-electron chi connectivity index (χ3n) is 5.87. The molecular formula is C22H29N3O2. The van der Waals surface area contributed by atoms with Crippen molar-refractivity contribution in [3.63, 3.8) is 0 Å². The molecule has 1 aliphatic carbocycles. The predicted molar refractivity (Wildman–Crippen MR) is 108 cm³/mol. The summed E-state index contributed by atoms with van der Waals surface area (Å²) in [4.78, 5) is 23.5. The molecule has 1 aliphatic heterocycles. The Morgan fingerprint density at radius 2 is 1.81 bits per heavy atom. The third kappa shape index (κ3) is 3.87. The number of ketones is 1. The van der Waals surface area contributed by atoms with Gasteiger partial charge in [-0.2, -0.15) is 10.2 Å². The van der Waals surface area contributed by atoms with Gasteiger partial charge >= 0.3 is 0 Å². The van der Waals surface area contributed by atoms with E-state index in [9.17, 15) is 9.59 Å². The molecule has 1 aromatic rings. The summed E-state index contributed by atoms with van der Waals surface area (Å²) in [6, 6.07) is 8.11. The van der Waals surface area contributed by atoms with Gasteiger partial charge in [0, 0.05) is 30.0 Å². The molecule has 0 bridgehead atoms. The minimum Gasteiger partial charge on any atom is -0.352 e. The topological polar surface area (TPSA) is 70.9 Å². The number of benzene rings is 1. The van der Waals surface area contributed by atoms with E-state index >= 15 is 0 Å². The Labute approximate surface area is 161 Å². The molecule has 0 saturated heterocycles. The van der Waals surface area contributed by atoms with E-state index in [1.807, 2.05) is 18.3 Å². The van der Waals surface area contributed by atoms with E-state index in [1.54, 1.807) is 13.8 Å². The second-order valence-electron chi connectivity index (χ2n) is 8.61. The van der Waals surface area contributed by atoms with Crippen molar-refractivity contribution in [2.75, 3.05) is 0 Å². The zero-order valence-electron chi connectivity index (χ0n) is 16.8. The number of hydrogen-bond donors (Lipinski definition) is 1. The lowest BCUT2D eigenvalue weighted by atomic mass is 9.98. The van der Waals surface area contributed by atoms with Gasteiger partial charge in [0.25, 0.3) is 0 Å². The van der Waals surface area contributed by atoms with Gasteiger partial charge in [-0.25, -0.2) is 0 Å². The van der Waals surface area contributed by atoms with Crippen molar-refractivity contribution in [3.8, 4) is 0 Å². The summed E-state index contributed by atoms with van der Waals surface area (Å²) in [7, 11) is 0. The summed E-state index contributed by atoms with van der Waals surface area (Å²) in [5, 5.41) is 11.5. The molecule has 27 heavy (non-hydrogen) atoms. The van der Waals surface area contributed by atoms with Crippen molar-refractivity contribution >= 4 is 23.6 Å². The number of nitrogens with one attached hydrogen (secondary N) is 1. The second kappa shape index (κ2) is 7.37. The highest BCUT2D eigenvalue weighted by molar-refractivity contribution is 6.08. The predicted octanol–water partition coefficient (Wildman–Crippen LogP) is 3.61. The lowest BCUT2D eigenvalue weighted by Crippen LogP contribution is -2.26. The Morgan fingerprint density at radius 3 is 2.41 bits per heavy atom. The van der Waals surface area contributed by atoms with Crippen LogP contribution in [0.25, 0.3) is 0 Å². The summed E-state index contributed by atoms with van der Waals surface area (Å²) < 4.78 is 0. The van der Waals surface area contributed by atoms with E-state index in [1.165, 1.54) is 0 Å². The van der Waals surface area contributed by atoms with Gasteiger partial charge in [-0.15, -0.1) is 0 Å². The van der Waals surface area contributed by atoms with Crippen LogP contribution in [0.3, 0.4) is 0 Å². The minimum absolute atomic E-state index is 0.0362. The molecular weight excluding hydrogens is 338 g/mol. The van der Waals surface area contributed by atoms with Crippen LogP contribution in [-0.2, 0) is 16.1 Å². The fourth-order valence-electron chi connectivity index (χ4n) is 4.23. The molecule has 3 rings (SSSR count). The van der Waals surface area contributed by atoms with Crippen LogP contribution < -0.4 is 5.32 Å². The average Bonchev–Trinajstić information content (AvgIpc) is 3.26. The van der Waals surface area contributed by atoms with Crippen LogP contribution in [0.5, 0.6) is 0 Å². The first-order valence-electron chi connectivity index (χ1n) is 9.75. The first-order valence-corrected chi connectivity index (χ1v) is 9.75. The van der Waals surface area contributed by atoms with Crippen LogP contribution in [0.2, 0.25) is 0 Å².